The Morgan fingerprint density at radius 3 is 2.68 bits per heavy atom. The first kappa shape index (κ1) is 19.8. The van der Waals surface area contributed by atoms with Crippen LogP contribution in [0.4, 0.5) is 0 Å². The zero-order valence-corrected chi connectivity index (χ0v) is 17.8. The summed E-state index contributed by atoms with van der Waals surface area (Å²) in [5, 5.41) is 12.8. The van der Waals surface area contributed by atoms with Crippen molar-refractivity contribution in [2.45, 2.75) is 12.6 Å². The molecule has 1 atom stereocenters. The quantitative estimate of drug-likeness (QED) is 0.595. The van der Waals surface area contributed by atoms with Crippen LogP contribution in [-0.2, 0) is 6.54 Å². The highest BCUT2D eigenvalue weighted by molar-refractivity contribution is 5.44. The topological polar surface area (TPSA) is 77.8 Å². The van der Waals surface area contributed by atoms with Crippen LogP contribution < -0.4 is 14.2 Å². The van der Waals surface area contributed by atoms with Gasteiger partial charge in [0.25, 0.3) is 0 Å². The van der Waals surface area contributed by atoms with Gasteiger partial charge in [-0.15, -0.1) is 5.10 Å². The van der Waals surface area contributed by atoms with Crippen molar-refractivity contribution in [3.05, 3.63) is 59.4 Å². The molecule has 5 rings (SSSR count). The van der Waals surface area contributed by atoms with E-state index in [9.17, 15) is 0 Å². The molecule has 9 nitrogen and oxygen atoms in total. The Labute approximate surface area is 181 Å². The number of para-hydroxylation sites is 1. The van der Waals surface area contributed by atoms with Crippen LogP contribution in [0.2, 0.25) is 0 Å². The lowest BCUT2D eigenvalue weighted by atomic mass is 10.0. The number of piperazine rings is 1. The molecule has 1 saturated heterocycles. The van der Waals surface area contributed by atoms with E-state index in [0.29, 0.717) is 6.54 Å². The van der Waals surface area contributed by atoms with Crippen molar-refractivity contribution >= 4 is 0 Å². The molecule has 0 spiro atoms. The molecule has 0 aliphatic carbocycles. The Bertz CT molecular complexity index is 1050. The molecular weight excluding hydrogens is 396 g/mol. The third-order valence-electron chi connectivity index (χ3n) is 5.91. The largest absolute Gasteiger partial charge is 0.496 e. The van der Waals surface area contributed by atoms with Crippen LogP contribution in [0.5, 0.6) is 17.2 Å². The molecule has 2 aliphatic heterocycles. The van der Waals surface area contributed by atoms with Gasteiger partial charge in [-0.3, -0.25) is 4.90 Å². The van der Waals surface area contributed by atoms with Crippen LogP contribution in [0.25, 0.3) is 0 Å². The molecule has 0 unspecified atom stereocenters. The number of hydrogen-bond donors (Lipinski definition) is 0. The molecule has 0 bridgehead atoms. The number of rotatable bonds is 6. The average molecular weight is 422 g/mol. The highest BCUT2D eigenvalue weighted by Crippen LogP contribution is 2.35. The summed E-state index contributed by atoms with van der Waals surface area (Å²) in [6, 6.07) is 13.9. The molecule has 162 valence electrons. The van der Waals surface area contributed by atoms with Gasteiger partial charge in [-0.05, 0) is 41.2 Å². The summed E-state index contributed by atoms with van der Waals surface area (Å²) in [6.07, 6.45) is 0. The summed E-state index contributed by atoms with van der Waals surface area (Å²) in [7, 11) is 3.86. The first-order valence-corrected chi connectivity index (χ1v) is 10.4. The highest BCUT2D eigenvalue weighted by atomic mass is 16.7. The van der Waals surface area contributed by atoms with Crippen LogP contribution >= 0.6 is 0 Å². The Balaban J connectivity index is 1.51. The van der Waals surface area contributed by atoms with Crippen molar-refractivity contribution in [2.24, 2.45) is 0 Å². The summed E-state index contributed by atoms with van der Waals surface area (Å²) < 4.78 is 18.5. The lowest BCUT2D eigenvalue weighted by Gasteiger charge is -2.37. The summed E-state index contributed by atoms with van der Waals surface area (Å²) in [6.45, 7) is 4.64. The third kappa shape index (κ3) is 3.94. The molecule has 2 aliphatic rings. The van der Waals surface area contributed by atoms with Gasteiger partial charge in [-0.1, -0.05) is 24.3 Å². The maximum Gasteiger partial charge on any atom is 0.231 e. The summed E-state index contributed by atoms with van der Waals surface area (Å²) in [4.78, 5) is 4.77. The van der Waals surface area contributed by atoms with E-state index in [0.717, 1.165) is 60.4 Å². The molecule has 0 N–H and O–H groups in total. The molecule has 1 fully saturated rings. The number of hydrogen-bond acceptors (Lipinski definition) is 8. The smallest absolute Gasteiger partial charge is 0.231 e. The Kier molecular flexibility index (Phi) is 5.44. The predicted molar refractivity (Wildman–Crippen MR) is 113 cm³/mol. The van der Waals surface area contributed by atoms with Crippen molar-refractivity contribution in [2.75, 3.05) is 47.1 Å². The molecule has 3 heterocycles. The number of likely N-dealkylation sites (N-methyl/N-ethyl adjacent to an activating group) is 1. The second-order valence-corrected chi connectivity index (χ2v) is 7.87. The second kappa shape index (κ2) is 8.52. The van der Waals surface area contributed by atoms with Crippen molar-refractivity contribution in [1.82, 2.24) is 30.0 Å². The van der Waals surface area contributed by atoms with Crippen LogP contribution in [0, 0.1) is 0 Å². The van der Waals surface area contributed by atoms with Crippen molar-refractivity contribution < 1.29 is 14.2 Å². The van der Waals surface area contributed by atoms with Gasteiger partial charge in [0.05, 0.1) is 13.7 Å². The average Bonchev–Trinajstić information content (AvgIpc) is 3.45. The van der Waals surface area contributed by atoms with E-state index >= 15 is 0 Å². The minimum Gasteiger partial charge on any atom is -0.496 e. The lowest BCUT2D eigenvalue weighted by molar-refractivity contribution is 0.120. The van der Waals surface area contributed by atoms with Gasteiger partial charge in [-0.25, -0.2) is 4.68 Å². The van der Waals surface area contributed by atoms with E-state index < -0.39 is 0 Å². The molecule has 1 aromatic heterocycles. The first-order chi connectivity index (χ1) is 15.2. The van der Waals surface area contributed by atoms with E-state index in [-0.39, 0.29) is 12.8 Å². The van der Waals surface area contributed by atoms with Crippen molar-refractivity contribution in [3.63, 3.8) is 0 Å². The number of ether oxygens (including phenoxy) is 3. The van der Waals surface area contributed by atoms with E-state index in [1.807, 2.05) is 41.1 Å². The maximum atomic E-state index is 5.70. The molecule has 2 aromatic carbocycles. The van der Waals surface area contributed by atoms with Gasteiger partial charge >= 0.3 is 0 Å². The number of tetrazole rings is 1. The Morgan fingerprint density at radius 2 is 1.84 bits per heavy atom. The van der Waals surface area contributed by atoms with E-state index in [4.69, 9.17) is 14.2 Å². The van der Waals surface area contributed by atoms with Crippen LogP contribution in [0.3, 0.4) is 0 Å². The zero-order valence-electron chi connectivity index (χ0n) is 17.8. The van der Waals surface area contributed by atoms with Gasteiger partial charge in [0.2, 0.25) is 6.79 Å². The van der Waals surface area contributed by atoms with Crippen LogP contribution in [0.15, 0.2) is 42.5 Å². The van der Waals surface area contributed by atoms with Crippen LogP contribution in [0.1, 0.15) is 23.0 Å². The number of methoxy groups -OCH3 is 1. The van der Waals surface area contributed by atoms with Crippen molar-refractivity contribution in [1.29, 1.82) is 0 Å². The fourth-order valence-electron chi connectivity index (χ4n) is 4.20. The Morgan fingerprint density at radius 1 is 1.03 bits per heavy atom. The second-order valence-electron chi connectivity index (χ2n) is 7.87. The first-order valence-electron chi connectivity index (χ1n) is 10.4. The summed E-state index contributed by atoms with van der Waals surface area (Å²) in [5.41, 5.74) is 2.12. The summed E-state index contributed by atoms with van der Waals surface area (Å²) in [5.74, 6) is 3.16. The Hall–Kier alpha value is -3.17. The molecule has 0 saturated carbocycles. The third-order valence-corrected chi connectivity index (χ3v) is 5.91. The molecule has 9 heteroatoms. The van der Waals surface area contributed by atoms with E-state index in [1.165, 1.54) is 0 Å². The zero-order chi connectivity index (χ0) is 21.2. The fraction of sp³-hybridized carbons (Fsp3) is 0.409. The van der Waals surface area contributed by atoms with Gasteiger partial charge in [-0.2, -0.15) is 0 Å². The van der Waals surface area contributed by atoms with Gasteiger partial charge in [0.1, 0.15) is 11.8 Å². The molecule has 0 amide bonds. The fourth-order valence-corrected chi connectivity index (χ4v) is 4.20. The number of benzene rings is 2. The molecule has 3 aromatic rings. The van der Waals surface area contributed by atoms with Gasteiger partial charge in [0, 0.05) is 31.7 Å². The maximum absolute atomic E-state index is 5.70. The van der Waals surface area contributed by atoms with Gasteiger partial charge in [0.15, 0.2) is 17.3 Å². The normalized spacial score (nSPS) is 17.6. The minimum atomic E-state index is -0.103. The van der Waals surface area contributed by atoms with E-state index in [2.05, 4.69) is 38.4 Å². The highest BCUT2D eigenvalue weighted by Gasteiger charge is 2.32. The summed E-state index contributed by atoms with van der Waals surface area (Å²) >= 11 is 0. The molecular formula is C22H26N6O3. The van der Waals surface area contributed by atoms with Crippen molar-refractivity contribution in [3.8, 4) is 17.2 Å². The number of nitrogens with zero attached hydrogens (tertiary/aromatic N) is 6. The standard InChI is InChI=1S/C22H26N6O3/c1-26-9-11-27(12-10-26)21(17-5-3-4-6-18(17)29-2)22-23-24-25-28(22)14-16-7-8-19-20(13-16)31-15-30-19/h3-8,13,21H,9-12,14-15H2,1-2H3/t21-/m0/s1. The van der Waals surface area contributed by atoms with Gasteiger partial charge < -0.3 is 19.1 Å². The predicted octanol–water partition coefficient (Wildman–Crippen LogP) is 1.80. The molecule has 31 heavy (non-hydrogen) atoms. The minimum absolute atomic E-state index is 0.103. The SMILES string of the molecule is COc1ccccc1[C@@H](c1nnnn1Cc1ccc2c(c1)OCO2)N1CCN(C)CC1. The van der Waals surface area contributed by atoms with Crippen LogP contribution in [-0.4, -0.2) is 77.1 Å². The lowest BCUT2D eigenvalue weighted by Crippen LogP contribution is -2.46. The van der Waals surface area contributed by atoms with E-state index in [1.54, 1.807) is 7.11 Å². The number of aromatic nitrogens is 4. The monoisotopic (exact) mass is 422 g/mol. The number of fused-ring (bicyclic) bond motifs is 1. The molecule has 0 radical (unpaired) electrons.